The third-order valence-corrected chi connectivity index (χ3v) is 5.46. The molecule has 2 aromatic rings. The quantitative estimate of drug-likeness (QED) is 0.672. The Morgan fingerprint density at radius 2 is 1.15 bits per heavy atom. The Bertz CT molecular complexity index is 600. The molecule has 1 aliphatic heterocycles. The highest BCUT2D eigenvalue weighted by atomic mass is 35.5. The monoisotopic (exact) mass is 389 g/mol. The standard InChI is InChI=1S/C23H31NO2.ClH/c1-25-22-14-8-18(9-15-22)6-12-20-4-3-5-21(24-20)13-7-19-10-16-23(26-2)17-11-19;/h8-11,14-17,20-21,24H,3-7,12-13H2,1-2H3;1H. The van der Waals surface area contributed by atoms with Gasteiger partial charge < -0.3 is 14.8 Å². The van der Waals surface area contributed by atoms with Crippen molar-refractivity contribution in [3.8, 4) is 11.5 Å². The molecule has 0 amide bonds. The van der Waals surface area contributed by atoms with Crippen LogP contribution in [0.4, 0.5) is 0 Å². The summed E-state index contributed by atoms with van der Waals surface area (Å²) in [5, 5.41) is 3.89. The maximum absolute atomic E-state index is 5.23. The van der Waals surface area contributed by atoms with Gasteiger partial charge >= 0.3 is 0 Å². The second-order valence-electron chi connectivity index (χ2n) is 7.26. The fourth-order valence-corrected chi connectivity index (χ4v) is 3.83. The predicted molar refractivity (Wildman–Crippen MR) is 114 cm³/mol. The highest BCUT2D eigenvalue weighted by Gasteiger charge is 2.20. The average Bonchev–Trinajstić information content (AvgIpc) is 2.72. The maximum Gasteiger partial charge on any atom is 0.118 e. The third kappa shape index (κ3) is 6.75. The first-order valence-corrected chi connectivity index (χ1v) is 9.78. The summed E-state index contributed by atoms with van der Waals surface area (Å²) >= 11 is 0. The molecule has 148 valence electrons. The van der Waals surface area contributed by atoms with Crippen LogP contribution < -0.4 is 14.8 Å². The van der Waals surface area contributed by atoms with Crippen LogP contribution in [0.3, 0.4) is 0 Å². The number of hydrogen-bond acceptors (Lipinski definition) is 3. The number of piperidine rings is 1. The van der Waals surface area contributed by atoms with Gasteiger partial charge in [-0.1, -0.05) is 30.7 Å². The van der Waals surface area contributed by atoms with Gasteiger partial charge in [0.15, 0.2) is 0 Å². The van der Waals surface area contributed by atoms with E-state index >= 15 is 0 Å². The minimum absolute atomic E-state index is 0. The van der Waals surface area contributed by atoms with Crippen molar-refractivity contribution in [1.82, 2.24) is 5.32 Å². The summed E-state index contributed by atoms with van der Waals surface area (Å²) in [5.74, 6) is 1.87. The van der Waals surface area contributed by atoms with Crippen molar-refractivity contribution in [2.24, 2.45) is 0 Å². The van der Waals surface area contributed by atoms with Crippen LogP contribution in [-0.4, -0.2) is 26.3 Å². The van der Waals surface area contributed by atoms with E-state index in [1.54, 1.807) is 14.2 Å². The number of hydrogen-bond donors (Lipinski definition) is 1. The molecule has 0 spiro atoms. The van der Waals surface area contributed by atoms with Crippen LogP contribution >= 0.6 is 12.4 Å². The molecule has 2 atom stereocenters. The highest BCUT2D eigenvalue weighted by molar-refractivity contribution is 5.85. The van der Waals surface area contributed by atoms with Crippen LogP contribution in [-0.2, 0) is 12.8 Å². The number of nitrogens with one attached hydrogen (secondary N) is 1. The lowest BCUT2D eigenvalue weighted by molar-refractivity contribution is 0.297. The predicted octanol–water partition coefficient (Wildman–Crippen LogP) is 5.20. The topological polar surface area (TPSA) is 30.5 Å². The third-order valence-electron chi connectivity index (χ3n) is 5.46. The van der Waals surface area contributed by atoms with Crippen molar-refractivity contribution >= 4 is 12.4 Å². The Morgan fingerprint density at radius 3 is 1.52 bits per heavy atom. The SMILES string of the molecule is COc1ccc(CCC2CCCC(CCc3ccc(OC)cc3)N2)cc1.Cl. The number of ether oxygens (including phenoxy) is 2. The molecule has 27 heavy (non-hydrogen) atoms. The molecule has 1 aliphatic rings. The summed E-state index contributed by atoms with van der Waals surface area (Å²) in [6.07, 6.45) is 8.63. The fraction of sp³-hybridized carbons (Fsp3) is 0.478. The molecule has 2 unspecified atom stereocenters. The lowest BCUT2D eigenvalue weighted by Gasteiger charge is -2.31. The first kappa shape index (κ1) is 21.6. The number of halogens is 1. The molecule has 1 heterocycles. The summed E-state index contributed by atoms with van der Waals surface area (Å²) in [6, 6.07) is 18.3. The second-order valence-corrected chi connectivity index (χ2v) is 7.26. The molecule has 1 saturated heterocycles. The van der Waals surface area contributed by atoms with Gasteiger partial charge in [0.05, 0.1) is 14.2 Å². The normalized spacial score (nSPS) is 19.2. The summed E-state index contributed by atoms with van der Waals surface area (Å²) < 4.78 is 10.5. The van der Waals surface area contributed by atoms with E-state index in [0.717, 1.165) is 24.3 Å². The molecule has 0 radical (unpaired) electrons. The largest absolute Gasteiger partial charge is 0.497 e. The van der Waals surface area contributed by atoms with Crippen molar-refractivity contribution in [3.05, 3.63) is 59.7 Å². The van der Waals surface area contributed by atoms with Gasteiger partial charge in [-0.2, -0.15) is 0 Å². The minimum Gasteiger partial charge on any atom is -0.497 e. The summed E-state index contributed by atoms with van der Waals surface area (Å²) in [4.78, 5) is 0. The zero-order valence-corrected chi connectivity index (χ0v) is 17.3. The first-order valence-electron chi connectivity index (χ1n) is 9.78. The Hall–Kier alpha value is -1.71. The Labute approximate surface area is 169 Å². The highest BCUT2D eigenvalue weighted by Crippen LogP contribution is 2.21. The van der Waals surface area contributed by atoms with Gasteiger partial charge in [0.1, 0.15) is 11.5 Å². The van der Waals surface area contributed by atoms with Crippen molar-refractivity contribution < 1.29 is 9.47 Å². The number of aryl methyl sites for hydroxylation is 2. The smallest absolute Gasteiger partial charge is 0.118 e. The minimum atomic E-state index is 0. The van der Waals surface area contributed by atoms with E-state index in [4.69, 9.17) is 9.47 Å². The molecule has 4 heteroatoms. The summed E-state index contributed by atoms with van der Waals surface area (Å²) in [7, 11) is 3.43. The number of benzene rings is 2. The Kier molecular flexibility index (Phi) is 8.96. The molecule has 0 saturated carbocycles. The van der Waals surface area contributed by atoms with Crippen LogP contribution in [0.25, 0.3) is 0 Å². The molecule has 0 aliphatic carbocycles. The van der Waals surface area contributed by atoms with Gasteiger partial charge in [-0.15, -0.1) is 12.4 Å². The molecule has 2 aromatic carbocycles. The number of rotatable bonds is 8. The van der Waals surface area contributed by atoms with Gasteiger partial charge in [-0.3, -0.25) is 0 Å². The van der Waals surface area contributed by atoms with Crippen molar-refractivity contribution in [2.75, 3.05) is 14.2 Å². The van der Waals surface area contributed by atoms with Crippen LogP contribution in [0.15, 0.2) is 48.5 Å². The van der Waals surface area contributed by atoms with Crippen molar-refractivity contribution in [1.29, 1.82) is 0 Å². The lowest BCUT2D eigenvalue weighted by Crippen LogP contribution is -2.42. The lowest BCUT2D eigenvalue weighted by atomic mass is 9.91. The van der Waals surface area contributed by atoms with E-state index in [1.807, 2.05) is 0 Å². The average molecular weight is 390 g/mol. The molecular weight excluding hydrogens is 358 g/mol. The van der Waals surface area contributed by atoms with Crippen LogP contribution in [0, 0.1) is 0 Å². The fourth-order valence-electron chi connectivity index (χ4n) is 3.83. The van der Waals surface area contributed by atoms with Gasteiger partial charge in [0, 0.05) is 12.1 Å². The van der Waals surface area contributed by atoms with Crippen molar-refractivity contribution in [3.63, 3.8) is 0 Å². The van der Waals surface area contributed by atoms with Gasteiger partial charge in [-0.05, 0) is 73.9 Å². The van der Waals surface area contributed by atoms with E-state index in [0.29, 0.717) is 12.1 Å². The zero-order valence-electron chi connectivity index (χ0n) is 16.4. The van der Waals surface area contributed by atoms with Gasteiger partial charge in [0.2, 0.25) is 0 Å². The molecule has 1 N–H and O–H groups in total. The number of methoxy groups -OCH3 is 2. The second kappa shape index (κ2) is 11.2. The Balaban J connectivity index is 0.00000261. The van der Waals surface area contributed by atoms with E-state index in [2.05, 4.69) is 53.8 Å². The van der Waals surface area contributed by atoms with Crippen LogP contribution in [0.5, 0.6) is 11.5 Å². The van der Waals surface area contributed by atoms with Gasteiger partial charge in [-0.25, -0.2) is 0 Å². The van der Waals surface area contributed by atoms with Gasteiger partial charge in [0.25, 0.3) is 0 Å². The molecule has 3 rings (SSSR count). The van der Waals surface area contributed by atoms with E-state index in [9.17, 15) is 0 Å². The van der Waals surface area contributed by atoms with E-state index in [1.165, 1.54) is 43.2 Å². The summed E-state index contributed by atoms with van der Waals surface area (Å²) in [6.45, 7) is 0. The molecular formula is C23H32ClNO2. The van der Waals surface area contributed by atoms with Crippen molar-refractivity contribution in [2.45, 2.75) is 57.0 Å². The summed E-state index contributed by atoms with van der Waals surface area (Å²) in [5.41, 5.74) is 2.79. The molecule has 0 bridgehead atoms. The zero-order chi connectivity index (χ0) is 18.2. The van der Waals surface area contributed by atoms with Crippen LogP contribution in [0.2, 0.25) is 0 Å². The molecule has 1 fully saturated rings. The maximum atomic E-state index is 5.23. The molecule has 0 aromatic heterocycles. The van der Waals surface area contributed by atoms with E-state index < -0.39 is 0 Å². The molecule has 3 nitrogen and oxygen atoms in total. The van der Waals surface area contributed by atoms with Crippen LogP contribution in [0.1, 0.15) is 43.2 Å². The Morgan fingerprint density at radius 1 is 0.741 bits per heavy atom. The van der Waals surface area contributed by atoms with E-state index in [-0.39, 0.29) is 12.4 Å². The first-order chi connectivity index (χ1) is 12.8.